The molecule has 17 heavy (non-hydrogen) atoms. The first kappa shape index (κ1) is 12.6. The second-order valence-corrected chi connectivity index (χ2v) is 5.24. The van der Waals surface area contributed by atoms with Crippen LogP contribution in [0.25, 0.3) is 0 Å². The average Bonchev–Trinajstić information content (AvgIpc) is 2.95. The molecule has 0 radical (unpaired) electrons. The van der Waals surface area contributed by atoms with E-state index in [9.17, 15) is 0 Å². The van der Waals surface area contributed by atoms with E-state index in [-0.39, 0.29) is 0 Å². The van der Waals surface area contributed by atoms with Crippen molar-refractivity contribution in [2.45, 2.75) is 44.9 Å². The Bertz CT molecular complexity index is 313. The first-order valence-electron chi connectivity index (χ1n) is 7.04. The van der Waals surface area contributed by atoms with Gasteiger partial charge in [0.25, 0.3) is 0 Å². The molecule has 0 amide bonds. The van der Waals surface area contributed by atoms with Gasteiger partial charge in [0.05, 0.1) is 0 Å². The fourth-order valence-electron chi connectivity index (χ4n) is 2.80. The van der Waals surface area contributed by atoms with Crippen LogP contribution >= 0.6 is 0 Å². The molecule has 1 fully saturated rings. The molecule has 0 saturated heterocycles. The summed E-state index contributed by atoms with van der Waals surface area (Å²) < 4.78 is 1.96. The number of rotatable bonds is 7. The topological polar surface area (TPSA) is 29.9 Å². The Labute approximate surface area is 105 Å². The summed E-state index contributed by atoms with van der Waals surface area (Å²) in [7, 11) is 2.01. The van der Waals surface area contributed by atoms with Gasteiger partial charge in [0, 0.05) is 31.9 Å². The zero-order valence-electron chi connectivity index (χ0n) is 11.0. The van der Waals surface area contributed by atoms with Crippen LogP contribution in [0.1, 0.15) is 44.2 Å². The first-order valence-corrected chi connectivity index (χ1v) is 7.04. The molecule has 1 aliphatic rings. The Morgan fingerprint density at radius 2 is 2.18 bits per heavy atom. The molecule has 1 N–H and O–H groups in total. The van der Waals surface area contributed by atoms with Crippen molar-refractivity contribution < 1.29 is 0 Å². The van der Waals surface area contributed by atoms with Gasteiger partial charge in [0.2, 0.25) is 0 Å². The highest BCUT2D eigenvalue weighted by Crippen LogP contribution is 2.28. The Morgan fingerprint density at radius 3 is 2.88 bits per heavy atom. The van der Waals surface area contributed by atoms with Gasteiger partial charge in [0.1, 0.15) is 0 Å². The summed E-state index contributed by atoms with van der Waals surface area (Å²) in [4.78, 5) is 0. The molecule has 3 nitrogen and oxygen atoms in total. The Hall–Kier alpha value is -0.830. The van der Waals surface area contributed by atoms with Gasteiger partial charge in [-0.1, -0.05) is 25.7 Å². The van der Waals surface area contributed by atoms with E-state index in [2.05, 4.69) is 16.5 Å². The quantitative estimate of drug-likeness (QED) is 0.736. The molecule has 0 aliphatic heterocycles. The van der Waals surface area contributed by atoms with Crippen LogP contribution in [0.4, 0.5) is 0 Å². The van der Waals surface area contributed by atoms with Crippen molar-refractivity contribution >= 4 is 0 Å². The SMILES string of the molecule is Cn1nccc1CCNCCCC1CCCC1. The van der Waals surface area contributed by atoms with Crippen LogP contribution < -0.4 is 5.32 Å². The molecule has 1 aromatic heterocycles. The number of aromatic nitrogens is 2. The van der Waals surface area contributed by atoms with E-state index >= 15 is 0 Å². The molecular weight excluding hydrogens is 210 g/mol. The lowest BCUT2D eigenvalue weighted by atomic mass is 10.0. The highest BCUT2D eigenvalue weighted by molar-refractivity contribution is 5.00. The minimum Gasteiger partial charge on any atom is -0.316 e. The number of hydrogen-bond acceptors (Lipinski definition) is 2. The molecule has 1 saturated carbocycles. The van der Waals surface area contributed by atoms with Gasteiger partial charge in [-0.25, -0.2) is 0 Å². The third-order valence-electron chi connectivity index (χ3n) is 3.92. The summed E-state index contributed by atoms with van der Waals surface area (Å²) in [5, 5.41) is 7.71. The third-order valence-corrected chi connectivity index (χ3v) is 3.92. The normalized spacial score (nSPS) is 16.8. The van der Waals surface area contributed by atoms with Crippen LogP contribution in [0.15, 0.2) is 12.3 Å². The molecule has 0 spiro atoms. The molecule has 1 aromatic rings. The zero-order valence-corrected chi connectivity index (χ0v) is 11.0. The van der Waals surface area contributed by atoms with Crippen molar-refractivity contribution in [2.75, 3.05) is 13.1 Å². The van der Waals surface area contributed by atoms with Crippen LogP contribution in [0.3, 0.4) is 0 Å². The molecule has 96 valence electrons. The van der Waals surface area contributed by atoms with Gasteiger partial charge in [0.15, 0.2) is 0 Å². The van der Waals surface area contributed by atoms with Crippen molar-refractivity contribution in [3.8, 4) is 0 Å². The second-order valence-electron chi connectivity index (χ2n) is 5.24. The second kappa shape index (κ2) is 6.80. The Balaban J connectivity index is 1.47. The summed E-state index contributed by atoms with van der Waals surface area (Å²) in [6, 6.07) is 2.10. The monoisotopic (exact) mass is 235 g/mol. The van der Waals surface area contributed by atoms with Crippen LogP contribution in [-0.4, -0.2) is 22.9 Å². The van der Waals surface area contributed by atoms with E-state index in [1.165, 1.54) is 50.8 Å². The summed E-state index contributed by atoms with van der Waals surface area (Å²) >= 11 is 0. The highest BCUT2D eigenvalue weighted by Gasteiger charge is 2.13. The molecule has 0 aromatic carbocycles. The van der Waals surface area contributed by atoms with Gasteiger partial charge in [-0.3, -0.25) is 4.68 Å². The molecule has 2 rings (SSSR count). The minimum absolute atomic E-state index is 1.04. The molecule has 1 aliphatic carbocycles. The van der Waals surface area contributed by atoms with Gasteiger partial charge in [-0.2, -0.15) is 5.10 Å². The maximum atomic E-state index is 4.17. The van der Waals surface area contributed by atoms with Crippen molar-refractivity contribution in [1.82, 2.24) is 15.1 Å². The number of hydrogen-bond donors (Lipinski definition) is 1. The summed E-state index contributed by atoms with van der Waals surface area (Å²) in [5.74, 6) is 1.04. The Kier molecular flexibility index (Phi) is 5.05. The van der Waals surface area contributed by atoms with Crippen molar-refractivity contribution in [2.24, 2.45) is 13.0 Å². The van der Waals surface area contributed by atoms with Crippen LogP contribution in [-0.2, 0) is 13.5 Å². The van der Waals surface area contributed by atoms with Crippen LogP contribution in [0.2, 0.25) is 0 Å². The summed E-state index contributed by atoms with van der Waals surface area (Å²) in [5.41, 5.74) is 1.31. The van der Waals surface area contributed by atoms with E-state index in [1.807, 2.05) is 17.9 Å². The van der Waals surface area contributed by atoms with Crippen LogP contribution in [0, 0.1) is 5.92 Å². The fraction of sp³-hybridized carbons (Fsp3) is 0.786. The van der Waals surface area contributed by atoms with E-state index in [1.54, 1.807) is 0 Å². The van der Waals surface area contributed by atoms with Crippen LogP contribution in [0.5, 0.6) is 0 Å². The van der Waals surface area contributed by atoms with Crippen molar-refractivity contribution in [1.29, 1.82) is 0 Å². The van der Waals surface area contributed by atoms with Crippen molar-refractivity contribution in [3.05, 3.63) is 18.0 Å². The molecular formula is C14H25N3. The van der Waals surface area contributed by atoms with Gasteiger partial charge < -0.3 is 5.32 Å². The zero-order chi connectivity index (χ0) is 11.9. The van der Waals surface area contributed by atoms with Gasteiger partial charge in [-0.15, -0.1) is 0 Å². The largest absolute Gasteiger partial charge is 0.316 e. The average molecular weight is 235 g/mol. The summed E-state index contributed by atoms with van der Waals surface area (Å²) in [6.45, 7) is 2.25. The standard InChI is InChI=1S/C14H25N3/c1-17-14(9-12-16-17)8-11-15-10-4-7-13-5-2-3-6-13/h9,12-13,15H,2-8,10-11H2,1H3. The molecule has 0 unspecified atom stereocenters. The lowest BCUT2D eigenvalue weighted by Crippen LogP contribution is -2.20. The predicted molar refractivity (Wildman–Crippen MR) is 71.0 cm³/mol. The number of nitrogens with zero attached hydrogens (tertiary/aromatic N) is 2. The Morgan fingerprint density at radius 1 is 1.35 bits per heavy atom. The number of nitrogens with one attached hydrogen (secondary N) is 1. The molecule has 0 atom stereocenters. The molecule has 1 heterocycles. The minimum atomic E-state index is 1.04. The van der Waals surface area contributed by atoms with Gasteiger partial charge >= 0.3 is 0 Å². The maximum Gasteiger partial charge on any atom is 0.0492 e. The predicted octanol–water partition coefficient (Wildman–Crippen LogP) is 2.52. The summed E-state index contributed by atoms with van der Waals surface area (Å²) in [6.07, 6.45) is 11.6. The lowest BCUT2D eigenvalue weighted by Gasteiger charge is -2.09. The molecule has 0 bridgehead atoms. The van der Waals surface area contributed by atoms with E-state index in [4.69, 9.17) is 0 Å². The fourth-order valence-corrected chi connectivity index (χ4v) is 2.80. The van der Waals surface area contributed by atoms with E-state index < -0.39 is 0 Å². The van der Waals surface area contributed by atoms with Crippen molar-refractivity contribution in [3.63, 3.8) is 0 Å². The maximum absolute atomic E-state index is 4.17. The lowest BCUT2D eigenvalue weighted by molar-refractivity contribution is 0.470. The number of aryl methyl sites for hydroxylation is 1. The van der Waals surface area contributed by atoms with E-state index in [0.29, 0.717) is 0 Å². The smallest absolute Gasteiger partial charge is 0.0492 e. The highest BCUT2D eigenvalue weighted by atomic mass is 15.3. The molecule has 3 heteroatoms. The van der Waals surface area contributed by atoms with E-state index in [0.717, 1.165) is 18.9 Å². The third kappa shape index (κ3) is 4.15. The first-order chi connectivity index (χ1) is 8.36. The van der Waals surface area contributed by atoms with Gasteiger partial charge in [-0.05, 0) is 31.4 Å².